The summed E-state index contributed by atoms with van der Waals surface area (Å²) in [4.78, 5) is 22.5. The van der Waals surface area contributed by atoms with Gasteiger partial charge in [-0.1, -0.05) is 46.7 Å². The zero-order valence-corrected chi connectivity index (χ0v) is 16.5. The molecule has 0 spiro atoms. The number of H-pyrrole nitrogens is 1. The fraction of sp³-hybridized carbons (Fsp3) is 0.333. The van der Waals surface area contributed by atoms with E-state index in [1.807, 2.05) is 12.1 Å². The Morgan fingerprint density at radius 3 is 2.96 bits per heavy atom. The number of hydrogen-bond donors (Lipinski definition) is 1. The van der Waals surface area contributed by atoms with E-state index in [1.54, 1.807) is 23.1 Å². The molecular formula is C18H17BrN2OS2. The van der Waals surface area contributed by atoms with Crippen LogP contribution in [0.5, 0.6) is 0 Å². The minimum atomic E-state index is 0.0189. The van der Waals surface area contributed by atoms with E-state index >= 15 is 0 Å². The number of nitrogens with zero attached hydrogens (tertiary/aromatic N) is 1. The molecule has 1 aliphatic rings. The summed E-state index contributed by atoms with van der Waals surface area (Å²) < 4.78 is 1.07. The number of rotatable bonds is 3. The predicted octanol–water partition coefficient (Wildman–Crippen LogP) is 5.16. The molecule has 4 rings (SSSR count). The number of hydrogen-bond acceptors (Lipinski definition) is 4. The molecule has 124 valence electrons. The molecule has 6 heteroatoms. The number of thioether (sulfide) groups is 1. The average molecular weight is 421 g/mol. The largest absolute Gasteiger partial charge is 0.301 e. The van der Waals surface area contributed by atoms with Crippen molar-refractivity contribution >= 4 is 49.2 Å². The summed E-state index contributed by atoms with van der Waals surface area (Å²) in [6, 6.07) is 8.23. The molecule has 0 aliphatic heterocycles. The first-order valence-electron chi connectivity index (χ1n) is 8.02. The molecule has 0 bridgehead atoms. The van der Waals surface area contributed by atoms with Crippen LogP contribution in [0.2, 0.25) is 0 Å². The van der Waals surface area contributed by atoms with Gasteiger partial charge in [-0.15, -0.1) is 11.3 Å². The second-order valence-corrected chi connectivity index (χ2v) is 9.28. The van der Waals surface area contributed by atoms with Gasteiger partial charge in [0, 0.05) is 15.1 Å². The molecule has 3 nitrogen and oxygen atoms in total. The van der Waals surface area contributed by atoms with Crippen LogP contribution in [0.1, 0.15) is 29.3 Å². The van der Waals surface area contributed by atoms with Gasteiger partial charge >= 0.3 is 0 Å². The van der Waals surface area contributed by atoms with E-state index in [0.717, 1.165) is 33.3 Å². The monoisotopic (exact) mass is 420 g/mol. The zero-order chi connectivity index (χ0) is 16.7. The summed E-state index contributed by atoms with van der Waals surface area (Å²) in [5.74, 6) is 1.50. The van der Waals surface area contributed by atoms with Crippen LogP contribution in [0, 0.1) is 5.92 Å². The molecule has 2 heterocycles. The van der Waals surface area contributed by atoms with E-state index in [1.165, 1.54) is 22.4 Å². The third kappa shape index (κ3) is 3.19. The number of aromatic amines is 1. The minimum absolute atomic E-state index is 0.0189. The number of aryl methyl sites for hydroxylation is 1. The van der Waals surface area contributed by atoms with Crippen LogP contribution in [-0.4, -0.2) is 9.97 Å². The molecular weight excluding hydrogens is 404 g/mol. The van der Waals surface area contributed by atoms with Crippen molar-refractivity contribution in [3.8, 4) is 0 Å². The van der Waals surface area contributed by atoms with Gasteiger partial charge in [0.25, 0.3) is 5.56 Å². The Bertz CT molecular complexity index is 946. The minimum Gasteiger partial charge on any atom is -0.301 e. The highest BCUT2D eigenvalue weighted by Crippen LogP contribution is 2.36. The van der Waals surface area contributed by atoms with Gasteiger partial charge in [-0.25, -0.2) is 4.98 Å². The third-order valence-corrected chi connectivity index (χ3v) is 7.05. The average Bonchev–Trinajstić information content (AvgIpc) is 2.92. The number of nitrogens with one attached hydrogen (secondary N) is 1. The van der Waals surface area contributed by atoms with Gasteiger partial charge in [0.1, 0.15) is 4.83 Å². The van der Waals surface area contributed by atoms with Crippen LogP contribution >= 0.6 is 39.0 Å². The molecule has 0 fully saturated rings. The molecule has 1 aromatic carbocycles. The van der Waals surface area contributed by atoms with Crippen molar-refractivity contribution in [1.82, 2.24) is 9.97 Å². The SMILES string of the molecule is C[C@@H]1CCc2c(sc3nc(SCc4ccc(Br)cc4)[nH]c(=O)c23)C1. The summed E-state index contributed by atoms with van der Waals surface area (Å²) in [6.45, 7) is 2.28. The number of aromatic nitrogens is 2. The van der Waals surface area contributed by atoms with Crippen molar-refractivity contribution in [2.24, 2.45) is 5.92 Å². The summed E-state index contributed by atoms with van der Waals surface area (Å²) in [5, 5.41) is 1.54. The zero-order valence-electron chi connectivity index (χ0n) is 13.3. The summed E-state index contributed by atoms with van der Waals surface area (Å²) >= 11 is 6.73. The van der Waals surface area contributed by atoms with Crippen LogP contribution in [0.15, 0.2) is 38.7 Å². The Kier molecular flexibility index (Phi) is 4.54. The van der Waals surface area contributed by atoms with Crippen LogP contribution in [0.3, 0.4) is 0 Å². The highest BCUT2D eigenvalue weighted by Gasteiger charge is 2.23. The summed E-state index contributed by atoms with van der Waals surface area (Å²) in [5.41, 5.74) is 2.47. The smallest absolute Gasteiger partial charge is 0.260 e. The van der Waals surface area contributed by atoms with Gasteiger partial charge in [0.05, 0.1) is 5.39 Å². The van der Waals surface area contributed by atoms with Crippen LogP contribution in [0.25, 0.3) is 10.2 Å². The molecule has 1 N–H and O–H groups in total. The van der Waals surface area contributed by atoms with Gasteiger partial charge in [0.2, 0.25) is 0 Å². The van der Waals surface area contributed by atoms with E-state index in [4.69, 9.17) is 4.98 Å². The van der Waals surface area contributed by atoms with Crippen LogP contribution < -0.4 is 5.56 Å². The normalized spacial score (nSPS) is 17.2. The fourth-order valence-electron chi connectivity index (χ4n) is 3.13. The van der Waals surface area contributed by atoms with Crippen molar-refractivity contribution in [1.29, 1.82) is 0 Å². The van der Waals surface area contributed by atoms with Gasteiger partial charge in [-0.3, -0.25) is 4.79 Å². The maximum atomic E-state index is 12.6. The van der Waals surface area contributed by atoms with E-state index in [2.05, 4.69) is 40.0 Å². The van der Waals surface area contributed by atoms with Crippen LogP contribution in [0.4, 0.5) is 0 Å². The molecule has 0 amide bonds. The lowest BCUT2D eigenvalue weighted by molar-refractivity contribution is 0.509. The van der Waals surface area contributed by atoms with Gasteiger partial charge in [0.15, 0.2) is 5.16 Å². The Morgan fingerprint density at radius 2 is 2.17 bits per heavy atom. The predicted molar refractivity (Wildman–Crippen MR) is 105 cm³/mol. The molecule has 1 atom stereocenters. The lowest BCUT2D eigenvalue weighted by atomic mass is 9.89. The summed E-state index contributed by atoms with van der Waals surface area (Å²) in [6.07, 6.45) is 3.25. The second kappa shape index (κ2) is 6.65. The Labute approximate surface area is 157 Å². The number of halogens is 1. The van der Waals surface area contributed by atoms with Crippen LogP contribution in [-0.2, 0) is 18.6 Å². The van der Waals surface area contributed by atoms with Gasteiger partial charge in [-0.2, -0.15) is 0 Å². The quantitative estimate of drug-likeness (QED) is 0.469. The van der Waals surface area contributed by atoms with Crippen molar-refractivity contribution in [2.45, 2.75) is 37.1 Å². The topological polar surface area (TPSA) is 45.8 Å². The van der Waals surface area contributed by atoms with Crippen molar-refractivity contribution in [2.75, 3.05) is 0 Å². The molecule has 1 aliphatic carbocycles. The van der Waals surface area contributed by atoms with Crippen molar-refractivity contribution in [3.05, 3.63) is 55.1 Å². The highest BCUT2D eigenvalue weighted by molar-refractivity contribution is 9.10. The number of thiophene rings is 1. The lowest BCUT2D eigenvalue weighted by Crippen LogP contribution is -2.13. The number of fused-ring (bicyclic) bond motifs is 3. The second-order valence-electron chi connectivity index (χ2n) is 6.32. The Morgan fingerprint density at radius 1 is 1.38 bits per heavy atom. The maximum Gasteiger partial charge on any atom is 0.260 e. The molecule has 0 saturated heterocycles. The Balaban J connectivity index is 1.63. The van der Waals surface area contributed by atoms with E-state index in [0.29, 0.717) is 11.1 Å². The van der Waals surface area contributed by atoms with Gasteiger partial charge < -0.3 is 4.98 Å². The maximum absolute atomic E-state index is 12.6. The van der Waals surface area contributed by atoms with E-state index in [9.17, 15) is 4.79 Å². The first kappa shape index (κ1) is 16.4. The lowest BCUT2D eigenvalue weighted by Gasteiger charge is -2.17. The third-order valence-electron chi connectivity index (χ3n) is 4.43. The van der Waals surface area contributed by atoms with Gasteiger partial charge in [-0.05, 0) is 48.4 Å². The van der Waals surface area contributed by atoms with Crippen molar-refractivity contribution in [3.63, 3.8) is 0 Å². The highest BCUT2D eigenvalue weighted by atomic mass is 79.9. The fourth-order valence-corrected chi connectivity index (χ4v) is 5.65. The molecule has 3 aromatic rings. The summed E-state index contributed by atoms with van der Waals surface area (Å²) in [7, 11) is 0. The number of benzene rings is 1. The first-order chi connectivity index (χ1) is 11.6. The first-order valence-corrected chi connectivity index (χ1v) is 10.6. The molecule has 24 heavy (non-hydrogen) atoms. The molecule has 2 aromatic heterocycles. The molecule has 0 radical (unpaired) electrons. The standard InChI is InChI=1S/C18H17BrN2OS2/c1-10-2-7-13-14(8-10)24-17-15(13)16(22)20-18(21-17)23-9-11-3-5-12(19)6-4-11/h3-6,10H,2,7-9H2,1H3,(H,20,21,22)/t10-/m1/s1. The molecule has 0 unspecified atom stereocenters. The van der Waals surface area contributed by atoms with E-state index in [-0.39, 0.29) is 5.56 Å². The van der Waals surface area contributed by atoms with Crippen molar-refractivity contribution < 1.29 is 0 Å². The Hall–Kier alpha value is -1.11. The molecule has 0 saturated carbocycles. The van der Waals surface area contributed by atoms with E-state index < -0.39 is 0 Å².